The molecule has 2 aromatic rings. The number of halogens is 2. The van der Waals surface area contributed by atoms with Crippen LogP contribution in [0.2, 0.25) is 10.0 Å². The molecule has 2 aromatic carbocycles. The van der Waals surface area contributed by atoms with Crippen molar-refractivity contribution in [2.75, 3.05) is 0 Å². The first-order valence-corrected chi connectivity index (χ1v) is 6.12. The Morgan fingerprint density at radius 2 is 1.65 bits per heavy atom. The lowest BCUT2D eigenvalue weighted by atomic mass is 9.98. The molecule has 17 heavy (non-hydrogen) atoms. The molecule has 0 fully saturated rings. The van der Waals surface area contributed by atoms with Crippen LogP contribution < -0.4 is 5.73 Å². The van der Waals surface area contributed by atoms with Crippen LogP contribution in [0.1, 0.15) is 11.1 Å². The van der Waals surface area contributed by atoms with Gasteiger partial charge in [-0.3, -0.25) is 0 Å². The lowest BCUT2D eigenvalue weighted by Gasteiger charge is -2.10. The van der Waals surface area contributed by atoms with Crippen LogP contribution in [0.25, 0.3) is 11.1 Å². The van der Waals surface area contributed by atoms with Crippen molar-refractivity contribution >= 4 is 23.2 Å². The fourth-order valence-electron chi connectivity index (χ4n) is 1.85. The van der Waals surface area contributed by atoms with Gasteiger partial charge < -0.3 is 5.73 Å². The number of benzene rings is 2. The van der Waals surface area contributed by atoms with Crippen molar-refractivity contribution in [1.82, 2.24) is 0 Å². The van der Waals surface area contributed by atoms with Gasteiger partial charge in [-0.1, -0.05) is 47.0 Å². The zero-order valence-corrected chi connectivity index (χ0v) is 11.0. The summed E-state index contributed by atoms with van der Waals surface area (Å²) in [6, 6.07) is 11.7. The maximum Gasteiger partial charge on any atom is 0.0426 e. The van der Waals surface area contributed by atoms with E-state index in [-0.39, 0.29) is 0 Å². The molecule has 0 spiro atoms. The summed E-state index contributed by atoms with van der Waals surface area (Å²) in [5, 5.41) is 1.27. The van der Waals surface area contributed by atoms with Crippen molar-refractivity contribution in [3.05, 3.63) is 57.6 Å². The molecule has 2 N–H and O–H groups in total. The minimum atomic E-state index is 0.500. The molecule has 0 bridgehead atoms. The number of aryl methyl sites for hydroxylation is 1. The Kier molecular flexibility index (Phi) is 3.72. The minimum absolute atomic E-state index is 0.500. The van der Waals surface area contributed by atoms with Crippen LogP contribution in [-0.4, -0.2) is 0 Å². The van der Waals surface area contributed by atoms with Crippen LogP contribution in [0.5, 0.6) is 0 Å². The first kappa shape index (κ1) is 12.4. The Morgan fingerprint density at radius 1 is 1.00 bits per heavy atom. The lowest BCUT2D eigenvalue weighted by Crippen LogP contribution is -1.99. The number of nitrogens with two attached hydrogens (primary N) is 1. The Bertz CT molecular complexity index is 530. The van der Waals surface area contributed by atoms with Gasteiger partial charge in [0.1, 0.15) is 0 Å². The fourth-order valence-corrected chi connectivity index (χ4v) is 2.37. The second-order valence-corrected chi connectivity index (χ2v) is 4.90. The number of hydrogen-bond acceptors (Lipinski definition) is 1. The van der Waals surface area contributed by atoms with Gasteiger partial charge in [0, 0.05) is 16.6 Å². The van der Waals surface area contributed by atoms with Gasteiger partial charge in [-0.05, 0) is 41.8 Å². The van der Waals surface area contributed by atoms with E-state index in [9.17, 15) is 0 Å². The smallest absolute Gasteiger partial charge is 0.0426 e. The summed E-state index contributed by atoms with van der Waals surface area (Å²) in [4.78, 5) is 0. The van der Waals surface area contributed by atoms with Crippen molar-refractivity contribution in [3.8, 4) is 11.1 Å². The second-order valence-electron chi connectivity index (χ2n) is 4.02. The predicted molar refractivity (Wildman–Crippen MR) is 74.5 cm³/mol. The van der Waals surface area contributed by atoms with Gasteiger partial charge in [-0.15, -0.1) is 0 Å². The molecule has 88 valence electrons. The summed E-state index contributed by atoms with van der Waals surface area (Å²) >= 11 is 12.0. The summed E-state index contributed by atoms with van der Waals surface area (Å²) in [6.07, 6.45) is 0. The van der Waals surface area contributed by atoms with Crippen molar-refractivity contribution in [1.29, 1.82) is 0 Å². The third-order valence-electron chi connectivity index (χ3n) is 2.66. The van der Waals surface area contributed by atoms with E-state index in [4.69, 9.17) is 28.9 Å². The summed E-state index contributed by atoms with van der Waals surface area (Å²) in [6.45, 7) is 2.55. The van der Waals surface area contributed by atoms with E-state index in [0.717, 1.165) is 16.7 Å². The molecule has 0 aliphatic heterocycles. The quantitative estimate of drug-likeness (QED) is 0.855. The summed E-state index contributed by atoms with van der Waals surface area (Å²) in [5.41, 5.74) is 10.1. The minimum Gasteiger partial charge on any atom is -0.326 e. The monoisotopic (exact) mass is 265 g/mol. The highest BCUT2D eigenvalue weighted by molar-refractivity contribution is 6.35. The first-order valence-electron chi connectivity index (χ1n) is 5.36. The summed E-state index contributed by atoms with van der Waals surface area (Å²) < 4.78 is 0. The molecule has 0 aliphatic carbocycles. The molecule has 0 unspecified atom stereocenters. The van der Waals surface area contributed by atoms with Crippen molar-refractivity contribution in [2.45, 2.75) is 13.5 Å². The zero-order chi connectivity index (χ0) is 12.4. The highest BCUT2D eigenvalue weighted by Gasteiger charge is 2.06. The van der Waals surface area contributed by atoms with Gasteiger partial charge in [0.15, 0.2) is 0 Å². The van der Waals surface area contributed by atoms with Crippen LogP contribution in [0.3, 0.4) is 0 Å². The predicted octanol–water partition coefficient (Wildman–Crippen LogP) is 4.43. The van der Waals surface area contributed by atoms with E-state index in [1.165, 1.54) is 5.56 Å². The standard InChI is InChI=1S/C14H13Cl2N/c1-9-2-3-10(8-17)14(4-9)11-5-12(15)7-13(16)6-11/h2-7H,8,17H2,1H3. The fraction of sp³-hybridized carbons (Fsp3) is 0.143. The van der Waals surface area contributed by atoms with Crippen LogP contribution in [0.4, 0.5) is 0 Å². The molecule has 0 saturated heterocycles. The maximum atomic E-state index is 6.02. The van der Waals surface area contributed by atoms with Crippen LogP contribution >= 0.6 is 23.2 Å². The number of rotatable bonds is 2. The molecule has 0 amide bonds. The zero-order valence-electron chi connectivity index (χ0n) is 9.50. The largest absolute Gasteiger partial charge is 0.326 e. The van der Waals surface area contributed by atoms with E-state index in [1.54, 1.807) is 6.07 Å². The molecule has 2 rings (SSSR count). The molecule has 0 aliphatic rings. The van der Waals surface area contributed by atoms with Crippen molar-refractivity contribution in [2.24, 2.45) is 5.73 Å². The van der Waals surface area contributed by atoms with Crippen molar-refractivity contribution in [3.63, 3.8) is 0 Å². The molecule has 0 heterocycles. The summed E-state index contributed by atoms with van der Waals surface area (Å²) in [7, 11) is 0. The molecule has 0 aromatic heterocycles. The van der Waals surface area contributed by atoms with E-state index in [1.807, 2.05) is 18.2 Å². The van der Waals surface area contributed by atoms with Crippen LogP contribution in [0.15, 0.2) is 36.4 Å². The van der Waals surface area contributed by atoms with E-state index in [0.29, 0.717) is 16.6 Å². The van der Waals surface area contributed by atoms with Gasteiger partial charge in [-0.2, -0.15) is 0 Å². The average Bonchev–Trinajstić information content (AvgIpc) is 2.27. The van der Waals surface area contributed by atoms with E-state index >= 15 is 0 Å². The van der Waals surface area contributed by atoms with Crippen LogP contribution in [0, 0.1) is 6.92 Å². The Balaban J connectivity index is 2.62. The second kappa shape index (κ2) is 5.09. The Labute approximate surface area is 111 Å². The summed E-state index contributed by atoms with van der Waals surface area (Å²) in [5.74, 6) is 0. The van der Waals surface area contributed by atoms with E-state index < -0.39 is 0 Å². The van der Waals surface area contributed by atoms with Gasteiger partial charge in [0.05, 0.1) is 0 Å². The molecule has 0 saturated carbocycles. The third-order valence-corrected chi connectivity index (χ3v) is 3.10. The lowest BCUT2D eigenvalue weighted by molar-refractivity contribution is 1.07. The van der Waals surface area contributed by atoms with Gasteiger partial charge in [0.25, 0.3) is 0 Å². The molecular weight excluding hydrogens is 253 g/mol. The van der Waals surface area contributed by atoms with Crippen molar-refractivity contribution < 1.29 is 0 Å². The molecule has 0 radical (unpaired) electrons. The van der Waals surface area contributed by atoms with Gasteiger partial charge in [0.2, 0.25) is 0 Å². The van der Waals surface area contributed by atoms with E-state index in [2.05, 4.69) is 19.1 Å². The Morgan fingerprint density at radius 3 is 2.24 bits per heavy atom. The maximum absolute atomic E-state index is 6.02. The normalized spacial score (nSPS) is 10.6. The average molecular weight is 266 g/mol. The SMILES string of the molecule is Cc1ccc(CN)c(-c2cc(Cl)cc(Cl)c2)c1. The highest BCUT2D eigenvalue weighted by Crippen LogP contribution is 2.30. The van der Waals surface area contributed by atoms with Gasteiger partial charge >= 0.3 is 0 Å². The Hall–Kier alpha value is -1.02. The third kappa shape index (κ3) is 2.81. The van der Waals surface area contributed by atoms with Crippen LogP contribution in [-0.2, 0) is 6.54 Å². The first-order chi connectivity index (χ1) is 8.10. The molecule has 0 atom stereocenters. The topological polar surface area (TPSA) is 26.0 Å². The molecular formula is C14H13Cl2N. The number of hydrogen-bond donors (Lipinski definition) is 1. The molecule has 1 nitrogen and oxygen atoms in total. The molecule has 3 heteroatoms. The van der Waals surface area contributed by atoms with Gasteiger partial charge in [-0.25, -0.2) is 0 Å². The highest BCUT2D eigenvalue weighted by atomic mass is 35.5.